The molecular weight excluding hydrogens is 258 g/mol. The molecule has 2 heteroatoms. The van der Waals surface area contributed by atoms with Crippen LogP contribution in [0.15, 0.2) is 48.5 Å². The maximum Gasteiger partial charge on any atom is 0.124 e. The molecule has 0 aliphatic carbocycles. The molecule has 0 heterocycles. The molecular formula is C19H25NO. The van der Waals surface area contributed by atoms with Gasteiger partial charge in [-0.1, -0.05) is 49.4 Å². The van der Waals surface area contributed by atoms with Crippen LogP contribution in [0.25, 0.3) is 0 Å². The van der Waals surface area contributed by atoms with Crippen LogP contribution in [0.3, 0.4) is 0 Å². The summed E-state index contributed by atoms with van der Waals surface area (Å²) < 4.78 is 5.79. The van der Waals surface area contributed by atoms with E-state index in [4.69, 9.17) is 4.74 Å². The molecule has 0 aliphatic heterocycles. The van der Waals surface area contributed by atoms with E-state index in [0.29, 0.717) is 6.61 Å². The van der Waals surface area contributed by atoms with Crippen LogP contribution in [0.4, 0.5) is 0 Å². The zero-order valence-electron chi connectivity index (χ0n) is 13.2. The first kappa shape index (κ1) is 15.6. The Hall–Kier alpha value is -1.80. The van der Waals surface area contributed by atoms with Crippen molar-refractivity contribution in [2.45, 2.75) is 33.2 Å². The van der Waals surface area contributed by atoms with Crippen LogP contribution in [0, 0.1) is 6.92 Å². The molecule has 0 radical (unpaired) electrons. The van der Waals surface area contributed by atoms with E-state index in [0.717, 1.165) is 18.7 Å². The zero-order chi connectivity index (χ0) is 15.1. The van der Waals surface area contributed by atoms with Crippen molar-refractivity contribution in [1.29, 1.82) is 0 Å². The van der Waals surface area contributed by atoms with E-state index in [1.165, 1.54) is 16.7 Å². The molecule has 1 unspecified atom stereocenters. The number of para-hydroxylation sites is 1. The molecule has 2 aromatic carbocycles. The molecule has 0 saturated carbocycles. The molecule has 21 heavy (non-hydrogen) atoms. The fourth-order valence-electron chi connectivity index (χ4n) is 2.65. The first-order valence-electron chi connectivity index (χ1n) is 7.75. The topological polar surface area (TPSA) is 21.3 Å². The molecule has 0 spiro atoms. The van der Waals surface area contributed by atoms with Crippen molar-refractivity contribution < 1.29 is 4.74 Å². The molecule has 0 saturated heterocycles. The van der Waals surface area contributed by atoms with E-state index in [1.807, 2.05) is 13.0 Å². The van der Waals surface area contributed by atoms with Gasteiger partial charge in [0.2, 0.25) is 0 Å². The summed E-state index contributed by atoms with van der Waals surface area (Å²) in [7, 11) is 0. The number of nitrogens with one attached hydrogen (secondary N) is 1. The largest absolute Gasteiger partial charge is 0.494 e. The number of aryl methyl sites for hydroxylation is 1. The zero-order valence-corrected chi connectivity index (χ0v) is 13.2. The second-order valence-corrected chi connectivity index (χ2v) is 5.21. The van der Waals surface area contributed by atoms with Gasteiger partial charge in [-0.05, 0) is 44.0 Å². The number of rotatable bonds is 7. The number of likely N-dealkylation sites (N-methyl/N-ethyl adjacent to an activating group) is 1. The average molecular weight is 283 g/mol. The van der Waals surface area contributed by atoms with E-state index in [2.05, 4.69) is 61.6 Å². The van der Waals surface area contributed by atoms with Gasteiger partial charge in [0.15, 0.2) is 0 Å². The van der Waals surface area contributed by atoms with E-state index in [-0.39, 0.29) is 6.04 Å². The van der Waals surface area contributed by atoms with Crippen LogP contribution < -0.4 is 10.1 Å². The first-order chi connectivity index (χ1) is 10.3. The van der Waals surface area contributed by atoms with Crippen LogP contribution in [0.2, 0.25) is 0 Å². The fourth-order valence-corrected chi connectivity index (χ4v) is 2.65. The summed E-state index contributed by atoms with van der Waals surface area (Å²) in [6.45, 7) is 7.98. The SMILES string of the molecule is CCNC(Cc1ccccc1C)c1ccccc1OCC. The standard InChI is InChI=1S/C19H25NO/c1-4-20-18(14-16-11-7-6-10-15(16)3)17-12-8-9-13-19(17)21-5-2/h6-13,18,20H,4-5,14H2,1-3H3. The van der Waals surface area contributed by atoms with Crippen LogP contribution >= 0.6 is 0 Å². The third kappa shape index (κ3) is 4.08. The Bertz CT molecular complexity index is 565. The van der Waals surface area contributed by atoms with Gasteiger partial charge in [-0.15, -0.1) is 0 Å². The Morgan fingerprint density at radius 3 is 2.43 bits per heavy atom. The van der Waals surface area contributed by atoms with Gasteiger partial charge in [-0.2, -0.15) is 0 Å². The van der Waals surface area contributed by atoms with Crippen LogP contribution in [-0.2, 0) is 6.42 Å². The lowest BCUT2D eigenvalue weighted by Gasteiger charge is -2.22. The lowest BCUT2D eigenvalue weighted by molar-refractivity contribution is 0.331. The van der Waals surface area contributed by atoms with Gasteiger partial charge < -0.3 is 10.1 Å². The number of hydrogen-bond acceptors (Lipinski definition) is 2. The van der Waals surface area contributed by atoms with Gasteiger partial charge in [0.05, 0.1) is 6.61 Å². The van der Waals surface area contributed by atoms with Crippen LogP contribution in [0.5, 0.6) is 5.75 Å². The summed E-state index contributed by atoms with van der Waals surface area (Å²) in [6, 6.07) is 17.2. The molecule has 0 amide bonds. The maximum atomic E-state index is 5.79. The average Bonchev–Trinajstić information content (AvgIpc) is 2.50. The number of ether oxygens (including phenoxy) is 1. The number of hydrogen-bond donors (Lipinski definition) is 1. The summed E-state index contributed by atoms with van der Waals surface area (Å²) in [5, 5.41) is 3.59. The van der Waals surface area contributed by atoms with Gasteiger partial charge in [0.25, 0.3) is 0 Å². The molecule has 0 fully saturated rings. The first-order valence-corrected chi connectivity index (χ1v) is 7.75. The molecule has 1 atom stereocenters. The summed E-state index contributed by atoms with van der Waals surface area (Å²) in [5.74, 6) is 0.986. The Kier molecular flexibility index (Phi) is 5.82. The Morgan fingerprint density at radius 2 is 1.71 bits per heavy atom. The maximum absolute atomic E-state index is 5.79. The summed E-state index contributed by atoms with van der Waals surface area (Å²) in [4.78, 5) is 0. The second kappa shape index (κ2) is 7.84. The fraction of sp³-hybridized carbons (Fsp3) is 0.368. The Morgan fingerprint density at radius 1 is 1.00 bits per heavy atom. The smallest absolute Gasteiger partial charge is 0.124 e. The van der Waals surface area contributed by atoms with Crippen molar-refractivity contribution in [3.05, 3.63) is 65.2 Å². The second-order valence-electron chi connectivity index (χ2n) is 5.21. The predicted octanol–water partition coefficient (Wildman–Crippen LogP) is 4.29. The van der Waals surface area contributed by atoms with Crippen molar-refractivity contribution in [3.8, 4) is 5.75 Å². The van der Waals surface area contributed by atoms with E-state index in [9.17, 15) is 0 Å². The monoisotopic (exact) mass is 283 g/mol. The van der Waals surface area contributed by atoms with Crippen molar-refractivity contribution in [2.24, 2.45) is 0 Å². The molecule has 2 rings (SSSR count). The Balaban J connectivity index is 2.29. The summed E-state index contributed by atoms with van der Waals surface area (Å²) >= 11 is 0. The van der Waals surface area contributed by atoms with Gasteiger partial charge in [-0.3, -0.25) is 0 Å². The van der Waals surface area contributed by atoms with Gasteiger partial charge in [-0.25, -0.2) is 0 Å². The van der Waals surface area contributed by atoms with Crippen molar-refractivity contribution in [1.82, 2.24) is 5.32 Å². The van der Waals surface area contributed by atoms with Crippen molar-refractivity contribution in [2.75, 3.05) is 13.2 Å². The van der Waals surface area contributed by atoms with Gasteiger partial charge in [0.1, 0.15) is 5.75 Å². The highest BCUT2D eigenvalue weighted by Crippen LogP contribution is 2.28. The molecule has 1 N–H and O–H groups in total. The molecule has 112 valence electrons. The van der Waals surface area contributed by atoms with Gasteiger partial charge in [0, 0.05) is 11.6 Å². The minimum absolute atomic E-state index is 0.277. The van der Waals surface area contributed by atoms with Crippen LogP contribution in [0.1, 0.15) is 36.6 Å². The van der Waals surface area contributed by atoms with E-state index in [1.54, 1.807) is 0 Å². The molecule has 0 aromatic heterocycles. The predicted molar refractivity (Wildman–Crippen MR) is 88.9 cm³/mol. The lowest BCUT2D eigenvalue weighted by Crippen LogP contribution is -2.24. The highest BCUT2D eigenvalue weighted by Gasteiger charge is 2.16. The van der Waals surface area contributed by atoms with Crippen molar-refractivity contribution >= 4 is 0 Å². The lowest BCUT2D eigenvalue weighted by atomic mass is 9.95. The third-order valence-electron chi connectivity index (χ3n) is 3.73. The third-order valence-corrected chi connectivity index (χ3v) is 3.73. The normalized spacial score (nSPS) is 12.1. The minimum atomic E-state index is 0.277. The quantitative estimate of drug-likeness (QED) is 0.818. The Labute approximate surface area is 128 Å². The molecule has 0 bridgehead atoms. The van der Waals surface area contributed by atoms with Crippen molar-refractivity contribution in [3.63, 3.8) is 0 Å². The van der Waals surface area contributed by atoms with Crippen LogP contribution in [-0.4, -0.2) is 13.2 Å². The summed E-state index contributed by atoms with van der Waals surface area (Å²) in [6.07, 6.45) is 0.977. The molecule has 2 aromatic rings. The van der Waals surface area contributed by atoms with Gasteiger partial charge >= 0.3 is 0 Å². The number of benzene rings is 2. The highest BCUT2D eigenvalue weighted by molar-refractivity contribution is 5.38. The molecule has 2 nitrogen and oxygen atoms in total. The van der Waals surface area contributed by atoms with E-state index < -0.39 is 0 Å². The van der Waals surface area contributed by atoms with E-state index >= 15 is 0 Å². The molecule has 0 aliphatic rings. The minimum Gasteiger partial charge on any atom is -0.494 e. The summed E-state index contributed by atoms with van der Waals surface area (Å²) in [5.41, 5.74) is 3.97. The highest BCUT2D eigenvalue weighted by atomic mass is 16.5.